The van der Waals surface area contributed by atoms with Gasteiger partial charge in [0.25, 0.3) is 5.91 Å². The Hall–Kier alpha value is -2.21. The predicted molar refractivity (Wildman–Crippen MR) is 110 cm³/mol. The van der Waals surface area contributed by atoms with E-state index in [0.717, 1.165) is 16.3 Å². The van der Waals surface area contributed by atoms with Gasteiger partial charge in [-0.2, -0.15) is 0 Å². The third kappa shape index (κ3) is 5.89. The first kappa shape index (κ1) is 21.1. The van der Waals surface area contributed by atoms with E-state index in [1.807, 2.05) is 50.4 Å². The minimum Gasteiger partial charge on any atom is -0.348 e. The molecule has 146 valence electrons. The number of hydrogen-bond acceptors (Lipinski definition) is 4. The minimum absolute atomic E-state index is 0.0270. The molecule has 0 spiro atoms. The Morgan fingerprint density at radius 2 is 1.78 bits per heavy atom. The van der Waals surface area contributed by atoms with E-state index in [1.54, 1.807) is 0 Å². The van der Waals surface area contributed by atoms with Gasteiger partial charge in [0.2, 0.25) is 5.91 Å². The van der Waals surface area contributed by atoms with Crippen LogP contribution in [0.15, 0.2) is 29.6 Å². The standard InChI is InChI=1S/C21H29N3O2S/c1-13(2)18(20(26)22-11-17-23-14(3)12-27-17)24-19(25)15-7-9-16(10-8-15)21(4,5)6/h7-10,12-13,18H,11H2,1-6H3,(H,22,26)(H,24,25)/t18-/m0/s1. The summed E-state index contributed by atoms with van der Waals surface area (Å²) in [5.74, 6) is -0.465. The second-order valence-electron chi connectivity index (χ2n) is 8.12. The zero-order chi connectivity index (χ0) is 20.2. The molecule has 27 heavy (non-hydrogen) atoms. The van der Waals surface area contributed by atoms with E-state index in [1.165, 1.54) is 11.3 Å². The fourth-order valence-corrected chi connectivity index (χ4v) is 3.35. The van der Waals surface area contributed by atoms with Crippen molar-refractivity contribution in [3.05, 3.63) is 51.5 Å². The summed E-state index contributed by atoms with van der Waals surface area (Å²) in [5.41, 5.74) is 2.69. The van der Waals surface area contributed by atoms with Gasteiger partial charge in [-0.3, -0.25) is 9.59 Å². The van der Waals surface area contributed by atoms with E-state index in [0.29, 0.717) is 12.1 Å². The number of rotatable bonds is 6. The van der Waals surface area contributed by atoms with Crippen LogP contribution in [0.1, 0.15) is 61.2 Å². The van der Waals surface area contributed by atoms with Crippen LogP contribution in [0.4, 0.5) is 0 Å². The molecule has 2 N–H and O–H groups in total. The lowest BCUT2D eigenvalue weighted by Gasteiger charge is -2.22. The fraction of sp³-hybridized carbons (Fsp3) is 0.476. The van der Waals surface area contributed by atoms with Crippen molar-refractivity contribution in [3.63, 3.8) is 0 Å². The summed E-state index contributed by atoms with van der Waals surface area (Å²) < 4.78 is 0. The molecule has 6 heteroatoms. The van der Waals surface area contributed by atoms with Gasteiger partial charge in [-0.1, -0.05) is 46.8 Å². The van der Waals surface area contributed by atoms with E-state index >= 15 is 0 Å². The van der Waals surface area contributed by atoms with Crippen LogP contribution in [0.5, 0.6) is 0 Å². The summed E-state index contributed by atoms with van der Waals surface area (Å²) in [6.45, 7) is 12.5. The van der Waals surface area contributed by atoms with Crippen molar-refractivity contribution in [2.45, 2.75) is 59.5 Å². The number of carbonyl (C=O) groups is 2. The molecule has 0 aliphatic heterocycles. The molecule has 0 fully saturated rings. The van der Waals surface area contributed by atoms with Crippen LogP contribution in [0.2, 0.25) is 0 Å². The Kier molecular flexibility index (Phi) is 6.76. The van der Waals surface area contributed by atoms with E-state index in [-0.39, 0.29) is 23.1 Å². The maximum absolute atomic E-state index is 12.6. The van der Waals surface area contributed by atoms with Gasteiger partial charge in [0.15, 0.2) is 0 Å². The lowest BCUT2D eigenvalue weighted by atomic mass is 9.86. The van der Waals surface area contributed by atoms with Gasteiger partial charge in [0.1, 0.15) is 11.0 Å². The first-order valence-electron chi connectivity index (χ1n) is 9.18. The zero-order valence-electron chi connectivity index (χ0n) is 16.9. The van der Waals surface area contributed by atoms with Crippen LogP contribution in [-0.2, 0) is 16.8 Å². The van der Waals surface area contributed by atoms with Crippen molar-refractivity contribution in [2.75, 3.05) is 0 Å². The molecule has 2 rings (SSSR count). The van der Waals surface area contributed by atoms with Gasteiger partial charge in [-0.15, -0.1) is 11.3 Å². The van der Waals surface area contributed by atoms with Gasteiger partial charge < -0.3 is 10.6 Å². The Morgan fingerprint density at radius 1 is 1.15 bits per heavy atom. The Morgan fingerprint density at radius 3 is 2.26 bits per heavy atom. The van der Waals surface area contributed by atoms with Crippen molar-refractivity contribution in [2.24, 2.45) is 5.92 Å². The number of nitrogens with zero attached hydrogens (tertiary/aromatic N) is 1. The quantitative estimate of drug-likeness (QED) is 0.791. The summed E-state index contributed by atoms with van der Waals surface area (Å²) in [6, 6.07) is 6.95. The van der Waals surface area contributed by atoms with Crippen LogP contribution < -0.4 is 10.6 Å². The summed E-state index contributed by atoms with van der Waals surface area (Å²) in [7, 11) is 0. The molecule has 2 amide bonds. The lowest BCUT2D eigenvalue weighted by Crippen LogP contribution is -2.49. The third-order valence-electron chi connectivity index (χ3n) is 4.33. The van der Waals surface area contributed by atoms with Crippen LogP contribution >= 0.6 is 11.3 Å². The number of thiazole rings is 1. The average molecular weight is 388 g/mol. The van der Waals surface area contributed by atoms with Crippen LogP contribution in [0.3, 0.4) is 0 Å². The van der Waals surface area contributed by atoms with Gasteiger partial charge in [0, 0.05) is 16.6 Å². The van der Waals surface area contributed by atoms with E-state index in [9.17, 15) is 9.59 Å². The molecule has 1 atom stereocenters. The number of aryl methyl sites for hydroxylation is 1. The molecule has 1 aromatic heterocycles. The highest BCUT2D eigenvalue weighted by molar-refractivity contribution is 7.09. The van der Waals surface area contributed by atoms with Crippen LogP contribution in [0, 0.1) is 12.8 Å². The molecule has 0 bridgehead atoms. The summed E-state index contributed by atoms with van der Waals surface area (Å²) in [5, 5.41) is 8.54. The first-order chi connectivity index (χ1) is 12.6. The highest BCUT2D eigenvalue weighted by Gasteiger charge is 2.25. The second-order valence-corrected chi connectivity index (χ2v) is 9.07. The van der Waals surface area contributed by atoms with E-state index in [2.05, 4.69) is 36.4 Å². The molecule has 0 aliphatic rings. The number of benzene rings is 1. The molecule has 0 radical (unpaired) electrons. The van der Waals surface area contributed by atoms with Crippen LogP contribution in [0.25, 0.3) is 0 Å². The van der Waals surface area contributed by atoms with Gasteiger partial charge >= 0.3 is 0 Å². The highest BCUT2D eigenvalue weighted by Crippen LogP contribution is 2.22. The molecular weight excluding hydrogens is 358 g/mol. The average Bonchev–Trinajstić information content (AvgIpc) is 3.01. The number of amides is 2. The number of aromatic nitrogens is 1. The van der Waals surface area contributed by atoms with Gasteiger partial charge in [0.05, 0.1) is 6.54 Å². The zero-order valence-corrected chi connectivity index (χ0v) is 17.7. The summed E-state index contributed by atoms with van der Waals surface area (Å²) in [4.78, 5) is 29.5. The smallest absolute Gasteiger partial charge is 0.251 e. The van der Waals surface area contributed by atoms with E-state index < -0.39 is 6.04 Å². The first-order valence-corrected chi connectivity index (χ1v) is 10.1. The van der Waals surface area contributed by atoms with E-state index in [4.69, 9.17) is 0 Å². The summed E-state index contributed by atoms with van der Waals surface area (Å²) >= 11 is 1.51. The topological polar surface area (TPSA) is 71.1 Å². The highest BCUT2D eigenvalue weighted by atomic mass is 32.1. The molecule has 0 saturated heterocycles. The fourth-order valence-electron chi connectivity index (χ4n) is 2.64. The summed E-state index contributed by atoms with van der Waals surface area (Å²) in [6.07, 6.45) is 0. The molecule has 0 saturated carbocycles. The number of nitrogens with one attached hydrogen (secondary N) is 2. The third-order valence-corrected chi connectivity index (χ3v) is 5.30. The van der Waals surface area contributed by atoms with Crippen molar-refractivity contribution < 1.29 is 9.59 Å². The van der Waals surface area contributed by atoms with Crippen molar-refractivity contribution >= 4 is 23.2 Å². The molecular formula is C21H29N3O2S. The van der Waals surface area contributed by atoms with Gasteiger partial charge in [-0.05, 0) is 36.0 Å². The molecule has 2 aromatic rings. The van der Waals surface area contributed by atoms with Crippen molar-refractivity contribution in [3.8, 4) is 0 Å². The molecule has 5 nitrogen and oxygen atoms in total. The van der Waals surface area contributed by atoms with Gasteiger partial charge in [-0.25, -0.2) is 4.98 Å². The van der Waals surface area contributed by atoms with Crippen molar-refractivity contribution in [1.29, 1.82) is 0 Å². The minimum atomic E-state index is -0.596. The molecule has 0 aliphatic carbocycles. The van der Waals surface area contributed by atoms with Crippen LogP contribution in [-0.4, -0.2) is 22.8 Å². The largest absolute Gasteiger partial charge is 0.348 e. The number of hydrogen-bond donors (Lipinski definition) is 2. The van der Waals surface area contributed by atoms with Crippen molar-refractivity contribution in [1.82, 2.24) is 15.6 Å². The second kappa shape index (κ2) is 8.65. The number of carbonyl (C=O) groups excluding carboxylic acids is 2. The predicted octanol–water partition coefficient (Wildman–Crippen LogP) is 3.82. The molecule has 0 unspecified atom stereocenters. The maximum Gasteiger partial charge on any atom is 0.251 e. The SMILES string of the molecule is Cc1csc(CNC(=O)[C@@H](NC(=O)c2ccc(C(C)(C)C)cc2)C(C)C)n1. The normalized spacial score (nSPS) is 12.7. The Balaban J connectivity index is 2.01. The maximum atomic E-state index is 12.6. The molecule has 1 aromatic carbocycles. The Bertz CT molecular complexity index is 789. The molecule has 1 heterocycles. The monoisotopic (exact) mass is 387 g/mol. The lowest BCUT2D eigenvalue weighted by molar-refractivity contribution is -0.124. The Labute approximate surface area is 165 Å².